The van der Waals surface area contributed by atoms with Gasteiger partial charge in [-0.05, 0) is 18.2 Å². The number of rotatable bonds is 6. The topological polar surface area (TPSA) is 127 Å². The highest BCUT2D eigenvalue weighted by atomic mass is 35.5. The largest absolute Gasteiger partial charge is 0.480 e. The lowest BCUT2D eigenvalue weighted by atomic mass is 10.2. The molecule has 0 fully saturated rings. The van der Waals surface area contributed by atoms with E-state index < -0.39 is 50.1 Å². The smallest absolute Gasteiger partial charge is 0.322 e. The minimum absolute atomic E-state index is 0.431. The van der Waals surface area contributed by atoms with Crippen molar-refractivity contribution in [3.05, 3.63) is 29.0 Å². The van der Waals surface area contributed by atoms with Crippen molar-refractivity contribution in [2.24, 2.45) is 5.73 Å². The van der Waals surface area contributed by atoms with Crippen LogP contribution in [-0.2, 0) is 19.6 Å². The number of hydrogen-bond acceptors (Lipinski definition) is 4. The summed E-state index contributed by atoms with van der Waals surface area (Å²) in [6.45, 7) is 0. The Morgan fingerprint density at radius 3 is 2.50 bits per heavy atom. The maximum atomic E-state index is 12.9. The van der Waals surface area contributed by atoms with Crippen LogP contribution >= 0.6 is 11.6 Å². The lowest BCUT2D eigenvalue weighted by Crippen LogP contribution is -2.43. The quantitative estimate of drug-likeness (QED) is 0.683. The third-order valence-corrected chi connectivity index (χ3v) is 3.96. The molecule has 0 saturated carbocycles. The van der Waals surface area contributed by atoms with Gasteiger partial charge < -0.3 is 10.8 Å². The summed E-state index contributed by atoms with van der Waals surface area (Å²) in [6, 6.07) is 0.830. The summed E-state index contributed by atoms with van der Waals surface area (Å²) in [5, 5.41) is 8.37. The number of carboxylic acids is 1. The Morgan fingerprint density at radius 2 is 2.05 bits per heavy atom. The average molecular weight is 325 g/mol. The van der Waals surface area contributed by atoms with Gasteiger partial charge in [0.2, 0.25) is 15.9 Å². The van der Waals surface area contributed by atoms with Crippen LogP contribution in [-0.4, -0.2) is 31.4 Å². The van der Waals surface area contributed by atoms with E-state index in [1.165, 1.54) is 0 Å². The zero-order valence-electron chi connectivity index (χ0n) is 9.84. The van der Waals surface area contributed by atoms with Gasteiger partial charge in [-0.15, -0.1) is 0 Å². The molecule has 1 amide bonds. The van der Waals surface area contributed by atoms with Crippen LogP contribution in [0.2, 0.25) is 5.02 Å². The van der Waals surface area contributed by atoms with Crippen molar-refractivity contribution in [1.29, 1.82) is 0 Å². The molecule has 20 heavy (non-hydrogen) atoms. The number of carboxylic acid groups (broad SMARTS) is 1. The molecule has 10 heteroatoms. The van der Waals surface area contributed by atoms with E-state index in [9.17, 15) is 22.4 Å². The second kappa shape index (κ2) is 6.16. The second-order valence-corrected chi connectivity index (χ2v) is 5.88. The number of sulfonamides is 1. The van der Waals surface area contributed by atoms with Crippen LogP contribution in [0, 0.1) is 5.82 Å². The lowest BCUT2D eigenvalue weighted by Gasteiger charge is -2.13. The molecule has 0 heterocycles. The van der Waals surface area contributed by atoms with Crippen molar-refractivity contribution in [2.75, 3.05) is 0 Å². The van der Waals surface area contributed by atoms with E-state index in [4.69, 9.17) is 22.4 Å². The zero-order chi connectivity index (χ0) is 15.5. The van der Waals surface area contributed by atoms with Gasteiger partial charge in [-0.3, -0.25) is 9.59 Å². The van der Waals surface area contributed by atoms with Crippen LogP contribution in [0.15, 0.2) is 23.1 Å². The molecule has 0 saturated heterocycles. The third kappa shape index (κ3) is 4.15. The fraction of sp³-hybridized carbons (Fsp3) is 0.200. The van der Waals surface area contributed by atoms with E-state index in [2.05, 4.69) is 0 Å². The molecule has 0 spiro atoms. The lowest BCUT2D eigenvalue weighted by molar-refractivity contribution is -0.140. The molecule has 0 aliphatic rings. The summed E-state index contributed by atoms with van der Waals surface area (Å²) in [6.07, 6.45) is -0.719. The number of carbonyl (C=O) groups is 2. The van der Waals surface area contributed by atoms with Crippen LogP contribution in [0.4, 0.5) is 4.39 Å². The first-order valence-corrected chi connectivity index (χ1v) is 6.98. The van der Waals surface area contributed by atoms with E-state index in [1.807, 2.05) is 0 Å². The highest BCUT2D eigenvalue weighted by molar-refractivity contribution is 7.89. The summed E-state index contributed by atoms with van der Waals surface area (Å²) in [5.74, 6) is -3.38. The molecule has 0 aliphatic carbocycles. The highest BCUT2D eigenvalue weighted by Gasteiger charge is 2.27. The molecule has 1 rings (SSSR count). The molecule has 0 bridgehead atoms. The van der Waals surface area contributed by atoms with Crippen molar-refractivity contribution in [3.8, 4) is 0 Å². The molecular formula is C10H10ClFN2O5S. The fourth-order valence-electron chi connectivity index (χ4n) is 1.28. The van der Waals surface area contributed by atoms with Crippen molar-refractivity contribution in [2.45, 2.75) is 17.4 Å². The minimum atomic E-state index is -4.28. The van der Waals surface area contributed by atoms with Crippen molar-refractivity contribution in [3.63, 3.8) is 0 Å². The molecule has 1 atom stereocenters. The summed E-state index contributed by atoms with van der Waals surface area (Å²) in [7, 11) is -4.28. The van der Waals surface area contributed by atoms with Crippen molar-refractivity contribution in [1.82, 2.24) is 4.72 Å². The summed E-state index contributed by atoms with van der Waals surface area (Å²) in [4.78, 5) is 21.1. The normalized spacial score (nSPS) is 12.9. The number of halogens is 2. The van der Waals surface area contributed by atoms with Gasteiger partial charge in [0.15, 0.2) is 0 Å². The molecule has 0 aromatic heterocycles. The number of hydrogen-bond donors (Lipinski definition) is 3. The molecule has 110 valence electrons. The highest BCUT2D eigenvalue weighted by Crippen LogP contribution is 2.19. The van der Waals surface area contributed by atoms with Gasteiger partial charge in [0, 0.05) is 0 Å². The van der Waals surface area contributed by atoms with Crippen LogP contribution < -0.4 is 10.5 Å². The minimum Gasteiger partial charge on any atom is -0.480 e. The number of benzene rings is 1. The standard InChI is InChI=1S/C10H10ClFN2O5S/c11-6-3-5(1-2-7(6)12)20(18,19)14-8(10(16)17)4-9(13)15/h1-3,8,14H,4H2,(H2,13,15)(H,16,17)/t8-/m0/s1. The molecule has 0 unspecified atom stereocenters. The Labute approximate surface area is 118 Å². The van der Waals surface area contributed by atoms with Crippen molar-refractivity contribution >= 4 is 33.5 Å². The molecule has 4 N–H and O–H groups in total. The predicted molar refractivity (Wildman–Crippen MR) is 67.0 cm³/mol. The van der Waals surface area contributed by atoms with E-state index in [1.54, 1.807) is 4.72 Å². The number of nitrogens with one attached hydrogen (secondary N) is 1. The Balaban J connectivity index is 3.06. The number of nitrogens with two attached hydrogens (primary N) is 1. The van der Waals surface area contributed by atoms with Crippen LogP contribution in [0.3, 0.4) is 0 Å². The molecule has 1 aromatic rings. The monoisotopic (exact) mass is 324 g/mol. The van der Waals surface area contributed by atoms with E-state index in [0.717, 1.165) is 18.2 Å². The van der Waals surface area contributed by atoms with Gasteiger partial charge in [-0.1, -0.05) is 11.6 Å². The first-order valence-electron chi connectivity index (χ1n) is 5.12. The molecule has 0 radical (unpaired) electrons. The first-order chi connectivity index (χ1) is 9.13. The maximum Gasteiger partial charge on any atom is 0.322 e. The number of aliphatic carboxylic acids is 1. The van der Waals surface area contributed by atoms with Gasteiger partial charge in [-0.25, -0.2) is 12.8 Å². The fourth-order valence-corrected chi connectivity index (χ4v) is 2.74. The van der Waals surface area contributed by atoms with Gasteiger partial charge in [0.25, 0.3) is 0 Å². The van der Waals surface area contributed by atoms with Gasteiger partial charge in [0.1, 0.15) is 11.9 Å². The Bertz CT molecular complexity index is 649. The van der Waals surface area contributed by atoms with E-state index in [-0.39, 0.29) is 0 Å². The average Bonchev–Trinajstić information content (AvgIpc) is 2.30. The second-order valence-electron chi connectivity index (χ2n) is 3.76. The van der Waals surface area contributed by atoms with Gasteiger partial charge in [-0.2, -0.15) is 4.72 Å². The van der Waals surface area contributed by atoms with E-state index >= 15 is 0 Å². The Hall–Kier alpha value is -1.71. The van der Waals surface area contributed by atoms with Crippen LogP contribution in [0.5, 0.6) is 0 Å². The molecule has 7 nitrogen and oxygen atoms in total. The Morgan fingerprint density at radius 1 is 1.45 bits per heavy atom. The zero-order valence-corrected chi connectivity index (χ0v) is 11.4. The number of amides is 1. The first kappa shape index (κ1) is 16.3. The predicted octanol–water partition coefficient (Wildman–Crippen LogP) is 0.0860. The molecular weight excluding hydrogens is 315 g/mol. The number of primary amides is 1. The van der Waals surface area contributed by atoms with Crippen molar-refractivity contribution < 1.29 is 27.5 Å². The maximum absolute atomic E-state index is 12.9. The third-order valence-electron chi connectivity index (χ3n) is 2.20. The summed E-state index contributed by atoms with van der Waals surface area (Å²) >= 11 is 5.45. The number of carbonyl (C=O) groups excluding carboxylic acids is 1. The van der Waals surface area contributed by atoms with E-state index in [0.29, 0.717) is 0 Å². The van der Waals surface area contributed by atoms with Gasteiger partial charge in [0.05, 0.1) is 16.3 Å². The van der Waals surface area contributed by atoms with Crippen LogP contribution in [0.25, 0.3) is 0 Å². The summed E-state index contributed by atoms with van der Waals surface area (Å²) < 4.78 is 38.5. The van der Waals surface area contributed by atoms with Gasteiger partial charge >= 0.3 is 5.97 Å². The summed E-state index contributed by atoms with van der Waals surface area (Å²) in [5.41, 5.74) is 4.82. The molecule has 1 aromatic carbocycles. The Kier molecular flexibility index (Phi) is 5.03. The van der Waals surface area contributed by atoms with Crippen LogP contribution in [0.1, 0.15) is 6.42 Å². The SMILES string of the molecule is NC(=O)C[C@H](NS(=O)(=O)c1ccc(F)c(Cl)c1)C(=O)O. The molecule has 0 aliphatic heterocycles.